The van der Waals surface area contributed by atoms with Gasteiger partial charge < -0.3 is 10.1 Å². The van der Waals surface area contributed by atoms with E-state index in [4.69, 9.17) is 16.3 Å². The van der Waals surface area contributed by atoms with Crippen molar-refractivity contribution < 1.29 is 9.13 Å². The molecule has 3 rings (SSSR count). The zero-order chi connectivity index (χ0) is 14.1. The first-order chi connectivity index (χ1) is 9.69. The molecule has 0 amide bonds. The van der Waals surface area contributed by atoms with E-state index in [1.54, 1.807) is 12.1 Å². The lowest BCUT2D eigenvalue weighted by Gasteiger charge is -2.13. The molecule has 0 saturated heterocycles. The molecule has 1 heterocycles. The van der Waals surface area contributed by atoms with Crippen molar-refractivity contribution in [3.8, 4) is 16.9 Å². The van der Waals surface area contributed by atoms with Crippen molar-refractivity contribution in [3.63, 3.8) is 0 Å². The van der Waals surface area contributed by atoms with E-state index in [0.717, 1.165) is 29.0 Å². The lowest BCUT2D eigenvalue weighted by atomic mass is 10.00. The molecular weight excluding hydrogens is 312 g/mol. The highest BCUT2D eigenvalue weighted by molar-refractivity contribution is 6.33. The van der Waals surface area contributed by atoms with Crippen LogP contribution in [0.25, 0.3) is 11.1 Å². The van der Waals surface area contributed by atoms with E-state index >= 15 is 0 Å². The predicted octanol–water partition coefficient (Wildman–Crippen LogP) is 4.09. The zero-order valence-electron chi connectivity index (χ0n) is 11.5. The van der Waals surface area contributed by atoms with Gasteiger partial charge in [-0.15, -0.1) is 12.4 Å². The molecule has 0 radical (unpaired) electrons. The van der Waals surface area contributed by atoms with E-state index in [-0.39, 0.29) is 24.3 Å². The van der Waals surface area contributed by atoms with E-state index < -0.39 is 0 Å². The van der Waals surface area contributed by atoms with E-state index in [1.807, 2.05) is 25.2 Å². The smallest absolute Gasteiger partial charge is 0.131 e. The van der Waals surface area contributed by atoms with Crippen LogP contribution in [0.4, 0.5) is 4.39 Å². The Balaban J connectivity index is 0.00000161. The number of hydrogen-bond donors (Lipinski definition) is 1. The highest BCUT2D eigenvalue weighted by Gasteiger charge is 2.27. The summed E-state index contributed by atoms with van der Waals surface area (Å²) in [4.78, 5) is 0. The van der Waals surface area contributed by atoms with Crippen LogP contribution in [0.5, 0.6) is 5.75 Å². The first-order valence-electron chi connectivity index (χ1n) is 6.57. The minimum Gasteiger partial charge on any atom is -0.488 e. The number of benzene rings is 2. The molecule has 0 aliphatic carbocycles. The third kappa shape index (κ3) is 3.15. The number of likely N-dealkylation sites (N-methyl/N-ethyl adjacent to an activating group) is 1. The van der Waals surface area contributed by atoms with Gasteiger partial charge in [-0.05, 0) is 25.2 Å². The third-order valence-electron chi connectivity index (χ3n) is 3.46. The zero-order valence-corrected chi connectivity index (χ0v) is 13.1. The standard InChI is InChI=1S/C16H15ClFNO.ClH/c1-19-9-12-7-10-6-11(18)8-14(16(10)20-12)13-4-2-3-5-15(13)17;/h2-6,8,12,19H,7,9H2,1H3;1H/t12-;/m1./s1. The summed E-state index contributed by atoms with van der Waals surface area (Å²) in [5.74, 6) is 0.493. The molecule has 1 aliphatic rings. The van der Waals surface area contributed by atoms with Gasteiger partial charge in [0.1, 0.15) is 17.7 Å². The SMILES string of the molecule is CNC[C@H]1Cc2cc(F)cc(-c3ccccc3Cl)c2O1.Cl. The molecule has 0 unspecified atom stereocenters. The largest absolute Gasteiger partial charge is 0.488 e. The van der Waals surface area contributed by atoms with Gasteiger partial charge in [0, 0.05) is 34.7 Å². The molecule has 1 N–H and O–H groups in total. The summed E-state index contributed by atoms with van der Waals surface area (Å²) in [5.41, 5.74) is 2.43. The van der Waals surface area contributed by atoms with Gasteiger partial charge in [0.15, 0.2) is 0 Å². The van der Waals surface area contributed by atoms with Gasteiger partial charge in [-0.25, -0.2) is 4.39 Å². The Morgan fingerprint density at radius 2 is 2.05 bits per heavy atom. The quantitative estimate of drug-likeness (QED) is 0.916. The Morgan fingerprint density at radius 1 is 1.29 bits per heavy atom. The molecule has 0 fully saturated rings. The second kappa shape index (κ2) is 6.65. The Hall–Kier alpha value is -1.29. The summed E-state index contributed by atoms with van der Waals surface area (Å²) in [7, 11) is 1.88. The van der Waals surface area contributed by atoms with Gasteiger partial charge >= 0.3 is 0 Å². The number of hydrogen-bond acceptors (Lipinski definition) is 2. The Kier molecular flexibility index (Phi) is 5.09. The number of fused-ring (bicyclic) bond motifs is 1. The highest BCUT2D eigenvalue weighted by atomic mass is 35.5. The third-order valence-corrected chi connectivity index (χ3v) is 3.79. The normalized spacial score (nSPS) is 16.0. The molecule has 1 aliphatic heterocycles. The summed E-state index contributed by atoms with van der Waals surface area (Å²) < 4.78 is 19.8. The summed E-state index contributed by atoms with van der Waals surface area (Å²) >= 11 is 6.22. The topological polar surface area (TPSA) is 21.3 Å². The average molecular weight is 328 g/mol. The molecule has 2 nitrogen and oxygen atoms in total. The lowest BCUT2D eigenvalue weighted by molar-refractivity contribution is 0.232. The van der Waals surface area contributed by atoms with E-state index in [2.05, 4.69) is 5.32 Å². The Morgan fingerprint density at radius 3 is 2.76 bits per heavy atom. The van der Waals surface area contributed by atoms with Gasteiger partial charge in [0.05, 0.1) is 0 Å². The fourth-order valence-corrected chi connectivity index (χ4v) is 2.85. The van der Waals surface area contributed by atoms with Crippen molar-refractivity contribution in [2.45, 2.75) is 12.5 Å². The van der Waals surface area contributed by atoms with Crippen molar-refractivity contribution in [1.29, 1.82) is 0 Å². The molecule has 0 bridgehead atoms. The maximum atomic E-state index is 13.8. The number of ether oxygens (including phenoxy) is 1. The van der Waals surface area contributed by atoms with Crippen molar-refractivity contribution in [3.05, 3.63) is 52.8 Å². The molecule has 5 heteroatoms. The van der Waals surface area contributed by atoms with E-state index in [0.29, 0.717) is 11.4 Å². The van der Waals surface area contributed by atoms with Crippen molar-refractivity contribution >= 4 is 24.0 Å². The number of rotatable bonds is 3. The molecule has 2 aromatic carbocycles. The maximum Gasteiger partial charge on any atom is 0.131 e. The van der Waals surface area contributed by atoms with Crippen LogP contribution in [0.1, 0.15) is 5.56 Å². The monoisotopic (exact) mass is 327 g/mol. The van der Waals surface area contributed by atoms with Crippen molar-refractivity contribution in [1.82, 2.24) is 5.32 Å². The average Bonchev–Trinajstić information content (AvgIpc) is 2.81. The summed E-state index contributed by atoms with van der Waals surface area (Å²) in [6.07, 6.45) is 0.754. The minimum atomic E-state index is -0.257. The number of halogens is 3. The fourth-order valence-electron chi connectivity index (χ4n) is 2.62. The second-order valence-electron chi connectivity index (χ2n) is 4.92. The Bertz CT molecular complexity index is 648. The van der Waals surface area contributed by atoms with Crippen LogP contribution in [-0.2, 0) is 6.42 Å². The lowest BCUT2D eigenvalue weighted by Crippen LogP contribution is -2.27. The van der Waals surface area contributed by atoms with Crippen LogP contribution in [0.2, 0.25) is 5.02 Å². The molecule has 1 atom stereocenters. The van der Waals surface area contributed by atoms with Gasteiger partial charge in [-0.3, -0.25) is 0 Å². The van der Waals surface area contributed by atoms with Crippen LogP contribution >= 0.6 is 24.0 Å². The van der Waals surface area contributed by atoms with Gasteiger partial charge in [-0.2, -0.15) is 0 Å². The van der Waals surface area contributed by atoms with Crippen LogP contribution in [0, 0.1) is 5.82 Å². The summed E-state index contributed by atoms with van der Waals surface area (Å²) in [6.45, 7) is 0.734. The van der Waals surface area contributed by atoms with Gasteiger partial charge in [0.25, 0.3) is 0 Å². The van der Waals surface area contributed by atoms with E-state index in [9.17, 15) is 4.39 Å². The van der Waals surface area contributed by atoms with Gasteiger partial charge in [-0.1, -0.05) is 29.8 Å². The predicted molar refractivity (Wildman–Crippen MR) is 86.1 cm³/mol. The second-order valence-corrected chi connectivity index (χ2v) is 5.33. The van der Waals surface area contributed by atoms with Crippen molar-refractivity contribution in [2.24, 2.45) is 0 Å². The van der Waals surface area contributed by atoms with Crippen molar-refractivity contribution in [2.75, 3.05) is 13.6 Å². The molecule has 0 spiro atoms. The maximum absolute atomic E-state index is 13.8. The molecule has 112 valence electrons. The van der Waals surface area contributed by atoms with Gasteiger partial charge in [0.2, 0.25) is 0 Å². The molecule has 21 heavy (non-hydrogen) atoms. The minimum absolute atomic E-state index is 0. The fraction of sp³-hybridized carbons (Fsp3) is 0.250. The highest BCUT2D eigenvalue weighted by Crippen LogP contribution is 2.41. The van der Waals surface area contributed by atoms with Crippen LogP contribution < -0.4 is 10.1 Å². The first kappa shape index (κ1) is 16.1. The van der Waals surface area contributed by atoms with E-state index in [1.165, 1.54) is 6.07 Å². The number of nitrogens with one attached hydrogen (secondary N) is 1. The summed E-state index contributed by atoms with van der Waals surface area (Å²) in [5, 5.41) is 3.68. The molecule has 0 aromatic heterocycles. The van der Waals surface area contributed by atoms with Crippen LogP contribution in [-0.4, -0.2) is 19.7 Å². The summed E-state index contributed by atoms with van der Waals surface area (Å²) in [6, 6.07) is 10.5. The molecular formula is C16H16Cl2FNO. The molecule has 2 aromatic rings. The molecule has 0 saturated carbocycles. The van der Waals surface area contributed by atoms with Crippen LogP contribution in [0.15, 0.2) is 36.4 Å². The Labute approximate surface area is 134 Å². The van der Waals surface area contributed by atoms with Crippen LogP contribution in [0.3, 0.4) is 0 Å². The first-order valence-corrected chi connectivity index (χ1v) is 6.95.